The third-order valence-corrected chi connectivity index (χ3v) is 3.49. The van der Waals surface area contributed by atoms with E-state index in [1.165, 1.54) is 5.69 Å². The molecule has 0 radical (unpaired) electrons. The van der Waals surface area contributed by atoms with Crippen LogP contribution in [0.2, 0.25) is 0 Å². The van der Waals surface area contributed by atoms with Crippen LogP contribution in [-0.2, 0) is 6.54 Å². The second-order valence-corrected chi connectivity index (χ2v) is 5.44. The fourth-order valence-corrected chi connectivity index (χ4v) is 1.80. The Bertz CT molecular complexity index is 380. The largest absolute Gasteiger partial charge is 0.393 e. The average molecular weight is 239 g/mol. The molecule has 0 aliphatic rings. The van der Waals surface area contributed by atoms with E-state index in [1.54, 1.807) is 0 Å². The Kier molecular flexibility index (Phi) is 4.08. The van der Waals surface area contributed by atoms with Gasteiger partial charge in [-0.15, -0.1) is 0 Å². The number of hydrogen-bond acceptors (Lipinski definition) is 2. The van der Waals surface area contributed by atoms with Gasteiger partial charge in [-0.1, -0.05) is 26.1 Å². The lowest BCUT2D eigenvalue weighted by Crippen LogP contribution is -2.29. The molecule has 1 rings (SSSR count). The summed E-state index contributed by atoms with van der Waals surface area (Å²) in [5.74, 6) is 0. The minimum Gasteiger partial charge on any atom is -0.393 e. The third-order valence-electron chi connectivity index (χ3n) is 2.94. The van der Waals surface area contributed by atoms with E-state index in [9.17, 15) is 0 Å². The molecule has 16 heavy (non-hydrogen) atoms. The van der Waals surface area contributed by atoms with Crippen molar-refractivity contribution in [3.8, 4) is 0 Å². The molecule has 0 saturated carbocycles. The maximum atomic E-state index is 5.69. The summed E-state index contributed by atoms with van der Waals surface area (Å²) in [6.45, 7) is 9.22. The molecule has 0 atom stereocenters. The third kappa shape index (κ3) is 3.30. The summed E-state index contributed by atoms with van der Waals surface area (Å²) in [7, 11) is 0. The first-order chi connectivity index (χ1) is 7.33. The van der Waals surface area contributed by atoms with Gasteiger partial charge in [0.1, 0.15) is 0 Å². The lowest BCUT2D eigenvalue weighted by molar-refractivity contribution is 0.423. The predicted octanol–water partition coefficient (Wildman–Crippen LogP) is 2.59. The van der Waals surface area contributed by atoms with Crippen molar-refractivity contribution in [3.05, 3.63) is 17.5 Å². The first-order valence-electron chi connectivity index (χ1n) is 5.64. The molecule has 1 aromatic rings. The van der Waals surface area contributed by atoms with Gasteiger partial charge < -0.3 is 5.73 Å². The zero-order chi connectivity index (χ0) is 12.3. The molecule has 1 aromatic heterocycles. The van der Waals surface area contributed by atoms with E-state index in [0.717, 1.165) is 25.1 Å². The standard InChI is InChI=1S/C12H21N3S/c1-9-8-10(2)15(14-9)7-5-6-12(3,4)11(13)16/h8H,5-7H2,1-4H3,(H2,13,16). The first kappa shape index (κ1) is 13.2. The molecule has 0 fully saturated rings. The number of nitrogens with zero attached hydrogens (tertiary/aromatic N) is 2. The number of nitrogens with two attached hydrogens (primary N) is 1. The zero-order valence-electron chi connectivity index (χ0n) is 10.6. The molecule has 0 aliphatic heterocycles. The van der Waals surface area contributed by atoms with E-state index in [0.29, 0.717) is 4.99 Å². The molecule has 0 saturated heterocycles. The smallest absolute Gasteiger partial charge is 0.0784 e. The van der Waals surface area contributed by atoms with Crippen LogP contribution < -0.4 is 5.73 Å². The monoisotopic (exact) mass is 239 g/mol. The average Bonchev–Trinajstić information content (AvgIpc) is 2.44. The molecule has 4 heteroatoms. The topological polar surface area (TPSA) is 43.8 Å². The lowest BCUT2D eigenvalue weighted by atomic mass is 9.88. The lowest BCUT2D eigenvalue weighted by Gasteiger charge is -2.22. The molecule has 0 spiro atoms. The van der Waals surface area contributed by atoms with Crippen LogP contribution in [-0.4, -0.2) is 14.8 Å². The molecule has 3 nitrogen and oxygen atoms in total. The van der Waals surface area contributed by atoms with Gasteiger partial charge in [0.15, 0.2) is 0 Å². The Balaban J connectivity index is 2.48. The van der Waals surface area contributed by atoms with Crippen LogP contribution in [0.15, 0.2) is 6.07 Å². The van der Waals surface area contributed by atoms with Crippen LogP contribution in [0, 0.1) is 19.3 Å². The number of aromatic nitrogens is 2. The molecule has 0 unspecified atom stereocenters. The van der Waals surface area contributed by atoms with Crippen molar-refractivity contribution in [1.82, 2.24) is 9.78 Å². The fourth-order valence-electron chi connectivity index (χ4n) is 1.70. The van der Waals surface area contributed by atoms with Crippen LogP contribution in [0.3, 0.4) is 0 Å². The Hall–Kier alpha value is -0.900. The normalized spacial score (nSPS) is 11.8. The minimum atomic E-state index is -0.0502. The molecule has 90 valence electrons. The summed E-state index contributed by atoms with van der Waals surface area (Å²) in [6.07, 6.45) is 2.05. The summed E-state index contributed by atoms with van der Waals surface area (Å²) in [5.41, 5.74) is 7.93. The van der Waals surface area contributed by atoms with Crippen LogP contribution in [0.4, 0.5) is 0 Å². The van der Waals surface area contributed by atoms with Gasteiger partial charge in [0, 0.05) is 17.7 Å². The summed E-state index contributed by atoms with van der Waals surface area (Å²) < 4.78 is 2.05. The molecule has 0 bridgehead atoms. The first-order valence-corrected chi connectivity index (χ1v) is 6.05. The van der Waals surface area contributed by atoms with Crippen LogP contribution in [0.1, 0.15) is 38.1 Å². The van der Waals surface area contributed by atoms with Gasteiger partial charge >= 0.3 is 0 Å². The van der Waals surface area contributed by atoms with E-state index in [4.69, 9.17) is 18.0 Å². The number of thiocarbonyl (C=S) groups is 1. The zero-order valence-corrected chi connectivity index (χ0v) is 11.4. The molecule has 2 N–H and O–H groups in total. The SMILES string of the molecule is Cc1cc(C)n(CCCC(C)(C)C(N)=S)n1. The van der Waals surface area contributed by atoms with Crippen LogP contribution in [0.25, 0.3) is 0 Å². The van der Waals surface area contributed by atoms with E-state index >= 15 is 0 Å². The van der Waals surface area contributed by atoms with Gasteiger partial charge in [-0.3, -0.25) is 4.68 Å². The highest BCUT2D eigenvalue weighted by atomic mass is 32.1. The molecular formula is C12H21N3S. The van der Waals surface area contributed by atoms with Crippen molar-refractivity contribution in [2.24, 2.45) is 11.1 Å². The van der Waals surface area contributed by atoms with Crippen molar-refractivity contribution >= 4 is 17.2 Å². The maximum absolute atomic E-state index is 5.69. The number of rotatable bonds is 5. The van der Waals surface area contributed by atoms with Crippen molar-refractivity contribution in [2.45, 2.75) is 47.1 Å². The Morgan fingerprint density at radius 3 is 2.56 bits per heavy atom. The fraction of sp³-hybridized carbons (Fsp3) is 0.667. The van der Waals surface area contributed by atoms with Crippen molar-refractivity contribution in [3.63, 3.8) is 0 Å². The summed E-state index contributed by atoms with van der Waals surface area (Å²) in [6, 6.07) is 2.10. The summed E-state index contributed by atoms with van der Waals surface area (Å²) in [5, 5.41) is 4.43. The van der Waals surface area contributed by atoms with Gasteiger partial charge in [-0.25, -0.2) is 0 Å². The highest BCUT2D eigenvalue weighted by molar-refractivity contribution is 7.80. The van der Waals surface area contributed by atoms with Gasteiger partial charge in [0.05, 0.1) is 10.7 Å². The van der Waals surface area contributed by atoms with Gasteiger partial charge in [0.25, 0.3) is 0 Å². The van der Waals surface area contributed by atoms with Crippen molar-refractivity contribution < 1.29 is 0 Å². The Morgan fingerprint density at radius 2 is 2.12 bits per heavy atom. The highest BCUT2D eigenvalue weighted by Crippen LogP contribution is 2.23. The summed E-state index contributed by atoms with van der Waals surface area (Å²) >= 11 is 5.05. The van der Waals surface area contributed by atoms with E-state index in [1.807, 2.05) is 11.6 Å². The van der Waals surface area contributed by atoms with Crippen LogP contribution >= 0.6 is 12.2 Å². The van der Waals surface area contributed by atoms with Crippen molar-refractivity contribution in [1.29, 1.82) is 0 Å². The minimum absolute atomic E-state index is 0.0502. The van der Waals surface area contributed by atoms with Gasteiger partial charge in [-0.2, -0.15) is 5.10 Å². The van der Waals surface area contributed by atoms with Gasteiger partial charge in [-0.05, 0) is 32.8 Å². The molecule has 1 heterocycles. The van der Waals surface area contributed by atoms with E-state index < -0.39 is 0 Å². The van der Waals surface area contributed by atoms with E-state index in [2.05, 4.69) is 31.9 Å². The number of aryl methyl sites for hydroxylation is 3. The second-order valence-electron chi connectivity index (χ2n) is 5.00. The highest BCUT2D eigenvalue weighted by Gasteiger charge is 2.20. The Morgan fingerprint density at radius 1 is 1.50 bits per heavy atom. The van der Waals surface area contributed by atoms with Gasteiger partial charge in [0.2, 0.25) is 0 Å². The molecular weight excluding hydrogens is 218 g/mol. The summed E-state index contributed by atoms with van der Waals surface area (Å²) in [4.78, 5) is 0.598. The Labute approximate surface area is 103 Å². The quantitative estimate of drug-likeness (QED) is 0.803. The number of hydrogen-bond donors (Lipinski definition) is 1. The molecule has 0 aliphatic carbocycles. The molecule has 0 aromatic carbocycles. The predicted molar refractivity (Wildman–Crippen MR) is 71.5 cm³/mol. The maximum Gasteiger partial charge on any atom is 0.0784 e. The van der Waals surface area contributed by atoms with Crippen LogP contribution in [0.5, 0.6) is 0 Å². The molecule has 0 amide bonds. The van der Waals surface area contributed by atoms with E-state index in [-0.39, 0.29) is 5.41 Å². The second kappa shape index (κ2) is 4.95. The van der Waals surface area contributed by atoms with Crippen molar-refractivity contribution in [2.75, 3.05) is 0 Å².